The van der Waals surface area contributed by atoms with Crippen LogP contribution in [-0.4, -0.2) is 22.1 Å². The molecule has 6 rings (SSSR count). The standard InChI is InChI=1S/C36H48O3/c1-24(18-21-36(39,25-10-6-4-7-11-25)26-12-8-5-9-13-26)30-16-17-31-29-15-14-27-22-28(37)19-20-34(27,2)33(29)32(38)23-35(30,31)3/h4-13,24,27-31,33,37,39H,14-23H2,1-3H3/t24-,27-,28-,29+,30-,31+,33-,34+,35-/m1/s1. The number of hydrogen-bond donors (Lipinski definition) is 2. The molecule has 0 bridgehead atoms. The predicted molar refractivity (Wildman–Crippen MR) is 156 cm³/mol. The summed E-state index contributed by atoms with van der Waals surface area (Å²) in [5, 5.41) is 22.5. The molecule has 2 aromatic rings. The van der Waals surface area contributed by atoms with Gasteiger partial charge in [0.25, 0.3) is 0 Å². The lowest BCUT2D eigenvalue weighted by atomic mass is 9.44. The lowest BCUT2D eigenvalue weighted by Gasteiger charge is -2.60. The van der Waals surface area contributed by atoms with Crippen LogP contribution in [0.5, 0.6) is 0 Å². The van der Waals surface area contributed by atoms with Gasteiger partial charge in [-0.15, -0.1) is 0 Å². The highest BCUT2D eigenvalue weighted by Gasteiger charge is 2.63. The summed E-state index contributed by atoms with van der Waals surface area (Å²) in [6.45, 7) is 7.22. The lowest BCUT2D eigenvalue weighted by Crippen LogP contribution is -2.58. The fraction of sp³-hybridized carbons (Fsp3) is 0.639. The van der Waals surface area contributed by atoms with Gasteiger partial charge < -0.3 is 10.2 Å². The van der Waals surface area contributed by atoms with Crippen molar-refractivity contribution in [1.82, 2.24) is 0 Å². The minimum atomic E-state index is -1.01. The van der Waals surface area contributed by atoms with E-state index >= 15 is 0 Å². The first-order valence-electron chi connectivity index (χ1n) is 15.7. The molecule has 9 atom stereocenters. The molecule has 4 aliphatic carbocycles. The molecule has 0 saturated heterocycles. The summed E-state index contributed by atoms with van der Waals surface area (Å²) in [7, 11) is 0. The lowest BCUT2D eigenvalue weighted by molar-refractivity contribution is -0.162. The van der Waals surface area contributed by atoms with Crippen LogP contribution in [0.3, 0.4) is 0 Å². The summed E-state index contributed by atoms with van der Waals surface area (Å²) < 4.78 is 0. The van der Waals surface area contributed by atoms with Crippen LogP contribution in [0, 0.1) is 46.3 Å². The largest absolute Gasteiger partial charge is 0.393 e. The van der Waals surface area contributed by atoms with Crippen molar-refractivity contribution in [3.8, 4) is 0 Å². The Morgan fingerprint density at radius 1 is 0.897 bits per heavy atom. The molecule has 39 heavy (non-hydrogen) atoms. The molecule has 4 saturated carbocycles. The van der Waals surface area contributed by atoms with E-state index in [2.05, 4.69) is 20.8 Å². The number of benzene rings is 2. The summed E-state index contributed by atoms with van der Waals surface area (Å²) >= 11 is 0. The van der Waals surface area contributed by atoms with Gasteiger partial charge in [-0.25, -0.2) is 0 Å². The fourth-order valence-electron chi connectivity index (χ4n) is 10.5. The zero-order chi connectivity index (χ0) is 27.4. The molecule has 3 nitrogen and oxygen atoms in total. The molecule has 4 aliphatic rings. The van der Waals surface area contributed by atoms with Crippen molar-refractivity contribution in [2.24, 2.45) is 46.3 Å². The van der Waals surface area contributed by atoms with Crippen LogP contribution in [0.4, 0.5) is 0 Å². The van der Waals surface area contributed by atoms with Crippen molar-refractivity contribution in [3.63, 3.8) is 0 Å². The Morgan fingerprint density at radius 2 is 1.54 bits per heavy atom. The van der Waals surface area contributed by atoms with Crippen molar-refractivity contribution in [3.05, 3.63) is 71.8 Å². The molecule has 2 N–H and O–H groups in total. The van der Waals surface area contributed by atoms with Gasteiger partial charge in [0.2, 0.25) is 0 Å². The van der Waals surface area contributed by atoms with E-state index in [1.165, 1.54) is 19.3 Å². The monoisotopic (exact) mass is 528 g/mol. The molecule has 2 aromatic carbocycles. The maximum atomic E-state index is 14.1. The maximum absolute atomic E-state index is 14.1. The highest BCUT2D eigenvalue weighted by molar-refractivity contribution is 5.84. The molecular weight excluding hydrogens is 480 g/mol. The molecule has 0 spiro atoms. The third-order valence-electron chi connectivity index (χ3n) is 12.5. The molecule has 0 radical (unpaired) electrons. The van der Waals surface area contributed by atoms with Crippen molar-refractivity contribution < 1.29 is 15.0 Å². The molecule has 3 heteroatoms. The predicted octanol–water partition coefficient (Wildman–Crippen LogP) is 7.54. The van der Waals surface area contributed by atoms with Crippen LogP contribution in [0.25, 0.3) is 0 Å². The number of fused-ring (bicyclic) bond motifs is 5. The zero-order valence-corrected chi connectivity index (χ0v) is 24.2. The van der Waals surface area contributed by atoms with Crippen molar-refractivity contribution in [2.45, 2.75) is 96.7 Å². The fourth-order valence-corrected chi connectivity index (χ4v) is 10.5. The number of carbonyl (C=O) groups excluding carboxylic acids is 1. The summed E-state index contributed by atoms with van der Waals surface area (Å²) in [6, 6.07) is 20.3. The normalized spacial score (nSPS) is 38.9. The third-order valence-corrected chi connectivity index (χ3v) is 12.5. The molecule has 0 unspecified atom stereocenters. The van der Waals surface area contributed by atoms with Gasteiger partial charge >= 0.3 is 0 Å². The minimum Gasteiger partial charge on any atom is -0.393 e. The van der Waals surface area contributed by atoms with Gasteiger partial charge in [-0.3, -0.25) is 4.79 Å². The first-order valence-corrected chi connectivity index (χ1v) is 15.7. The topological polar surface area (TPSA) is 57.5 Å². The molecule has 0 aromatic heterocycles. The Balaban J connectivity index is 1.22. The highest BCUT2D eigenvalue weighted by atomic mass is 16.3. The zero-order valence-electron chi connectivity index (χ0n) is 24.2. The smallest absolute Gasteiger partial charge is 0.137 e. The van der Waals surface area contributed by atoms with Crippen LogP contribution >= 0.6 is 0 Å². The van der Waals surface area contributed by atoms with Gasteiger partial charge in [0.1, 0.15) is 11.4 Å². The van der Waals surface area contributed by atoms with E-state index in [-0.39, 0.29) is 22.9 Å². The van der Waals surface area contributed by atoms with E-state index in [9.17, 15) is 15.0 Å². The van der Waals surface area contributed by atoms with Crippen molar-refractivity contribution >= 4 is 5.78 Å². The first-order chi connectivity index (χ1) is 18.7. The molecule has 0 heterocycles. The average molecular weight is 529 g/mol. The summed E-state index contributed by atoms with van der Waals surface area (Å²) in [6.07, 6.45) is 9.70. The Bertz CT molecular complexity index is 1120. The average Bonchev–Trinajstić information content (AvgIpc) is 3.29. The van der Waals surface area contributed by atoms with E-state index in [1.807, 2.05) is 60.7 Å². The second-order valence-electron chi connectivity index (χ2n) is 14.4. The minimum absolute atomic E-state index is 0.0622. The summed E-state index contributed by atoms with van der Waals surface area (Å²) in [4.78, 5) is 14.1. The van der Waals surface area contributed by atoms with E-state index in [0.29, 0.717) is 41.8 Å². The second-order valence-corrected chi connectivity index (χ2v) is 14.4. The molecule has 210 valence electrons. The van der Waals surface area contributed by atoms with Gasteiger partial charge in [0.15, 0.2) is 0 Å². The van der Waals surface area contributed by atoms with E-state index in [4.69, 9.17) is 0 Å². The maximum Gasteiger partial charge on any atom is 0.137 e. The Hall–Kier alpha value is -1.97. The quantitative estimate of drug-likeness (QED) is 0.407. The first kappa shape index (κ1) is 27.2. The Labute approximate surface area is 235 Å². The number of aliphatic hydroxyl groups is 2. The second kappa shape index (κ2) is 10.1. The van der Waals surface area contributed by atoms with E-state index < -0.39 is 5.60 Å². The van der Waals surface area contributed by atoms with Crippen molar-refractivity contribution in [1.29, 1.82) is 0 Å². The van der Waals surface area contributed by atoms with E-state index in [1.54, 1.807) is 0 Å². The SMILES string of the molecule is C[C@H](CCC(O)(c1ccccc1)c1ccccc1)[C@H]1CC[C@H]2[C@@H]3CC[C@@H]4C[C@H](O)CC[C@]4(C)[C@H]3C(=O)C[C@]12C. The van der Waals surface area contributed by atoms with Crippen LogP contribution in [0.1, 0.15) is 96.1 Å². The van der Waals surface area contributed by atoms with Gasteiger partial charge in [-0.1, -0.05) is 81.4 Å². The number of rotatable bonds is 6. The van der Waals surface area contributed by atoms with Gasteiger partial charge in [-0.05, 0) is 109 Å². The van der Waals surface area contributed by atoms with Gasteiger partial charge in [-0.2, -0.15) is 0 Å². The molecule has 4 fully saturated rings. The highest BCUT2D eigenvalue weighted by Crippen LogP contribution is 2.67. The third kappa shape index (κ3) is 4.43. The van der Waals surface area contributed by atoms with Gasteiger partial charge in [0, 0.05) is 12.3 Å². The van der Waals surface area contributed by atoms with Gasteiger partial charge in [0.05, 0.1) is 6.10 Å². The van der Waals surface area contributed by atoms with Crippen LogP contribution in [0.2, 0.25) is 0 Å². The van der Waals surface area contributed by atoms with Crippen molar-refractivity contribution in [2.75, 3.05) is 0 Å². The number of carbonyl (C=O) groups is 1. The molecule has 0 amide bonds. The summed E-state index contributed by atoms with van der Waals surface area (Å²) in [5.74, 6) is 3.31. The number of hydrogen-bond acceptors (Lipinski definition) is 3. The number of ketones is 1. The Morgan fingerprint density at radius 3 is 2.18 bits per heavy atom. The molecule has 0 aliphatic heterocycles. The van der Waals surface area contributed by atoms with Crippen LogP contribution in [0.15, 0.2) is 60.7 Å². The van der Waals surface area contributed by atoms with E-state index in [0.717, 1.165) is 49.7 Å². The summed E-state index contributed by atoms with van der Waals surface area (Å²) in [5.41, 5.74) is 1.04. The van der Waals surface area contributed by atoms with Crippen LogP contribution in [-0.2, 0) is 10.4 Å². The number of aliphatic hydroxyl groups excluding tert-OH is 1. The van der Waals surface area contributed by atoms with Crippen LogP contribution < -0.4 is 0 Å². The number of Topliss-reactive ketones (excluding diaryl/α,β-unsaturated/α-hetero) is 1. The molecular formula is C36H48O3. The Kier molecular flexibility index (Phi) is 7.08.